The maximum atomic E-state index is 12.9. The molecule has 3 rings (SSSR count). The molecule has 1 aromatic carbocycles. The van der Waals surface area contributed by atoms with Gasteiger partial charge in [0.25, 0.3) is 0 Å². The molecule has 0 bridgehead atoms. The van der Waals surface area contributed by atoms with E-state index in [0.717, 1.165) is 11.1 Å². The fraction of sp³-hybridized carbons (Fsp3) is 0.300. The number of rotatable bonds is 6. The fourth-order valence-corrected chi connectivity index (χ4v) is 2.69. The van der Waals surface area contributed by atoms with Crippen LogP contribution in [0.5, 0.6) is 0 Å². The number of aromatic nitrogens is 4. The van der Waals surface area contributed by atoms with E-state index in [1.54, 1.807) is 17.3 Å². The van der Waals surface area contributed by atoms with Crippen LogP contribution in [-0.2, 0) is 6.54 Å². The minimum Gasteiger partial charge on any atom is -0.350 e. The van der Waals surface area contributed by atoms with E-state index in [1.807, 2.05) is 26.0 Å². The molecule has 0 aliphatic rings. The predicted molar refractivity (Wildman–Crippen MR) is 105 cm³/mol. The van der Waals surface area contributed by atoms with Crippen molar-refractivity contribution in [1.29, 1.82) is 0 Å². The Morgan fingerprint density at radius 3 is 2.52 bits per heavy atom. The topological polar surface area (TPSA) is 75.9 Å². The van der Waals surface area contributed by atoms with Crippen molar-refractivity contribution in [1.82, 2.24) is 24.6 Å². The van der Waals surface area contributed by atoms with Gasteiger partial charge in [-0.25, -0.2) is 4.79 Å². The van der Waals surface area contributed by atoms with Crippen molar-refractivity contribution in [2.75, 3.05) is 18.4 Å². The average Bonchev–Trinajstić information content (AvgIpc) is 3.13. The van der Waals surface area contributed by atoms with Crippen LogP contribution in [0, 0.1) is 6.92 Å². The first-order valence-electron chi connectivity index (χ1n) is 9.08. The lowest BCUT2D eigenvalue weighted by atomic mass is 10.1. The lowest BCUT2D eigenvalue weighted by Crippen LogP contribution is -2.35. The van der Waals surface area contributed by atoms with E-state index in [0.29, 0.717) is 31.4 Å². The van der Waals surface area contributed by atoms with E-state index in [2.05, 4.69) is 51.6 Å². The summed E-state index contributed by atoms with van der Waals surface area (Å²) < 4.78 is 1.34. The number of amides is 1. The molecule has 1 N–H and O–H groups in total. The first-order valence-corrected chi connectivity index (χ1v) is 9.08. The van der Waals surface area contributed by atoms with Crippen molar-refractivity contribution in [3.8, 4) is 11.4 Å². The fourth-order valence-electron chi connectivity index (χ4n) is 2.69. The van der Waals surface area contributed by atoms with Gasteiger partial charge in [-0.3, -0.25) is 4.98 Å². The third-order valence-corrected chi connectivity index (χ3v) is 4.31. The van der Waals surface area contributed by atoms with Gasteiger partial charge in [-0.2, -0.15) is 4.98 Å². The van der Waals surface area contributed by atoms with Crippen LogP contribution in [0.4, 0.5) is 10.7 Å². The number of carbonyl (C=O) groups is 1. The van der Waals surface area contributed by atoms with E-state index in [1.165, 1.54) is 10.2 Å². The Morgan fingerprint density at radius 2 is 1.89 bits per heavy atom. The molecule has 7 heteroatoms. The summed E-state index contributed by atoms with van der Waals surface area (Å²) in [4.78, 5) is 23.2. The summed E-state index contributed by atoms with van der Waals surface area (Å²) in [7, 11) is 0. The average molecular weight is 364 g/mol. The van der Waals surface area contributed by atoms with Crippen LogP contribution in [0.15, 0.2) is 48.8 Å². The van der Waals surface area contributed by atoms with Gasteiger partial charge < -0.3 is 10.2 Å². The van der Waals surface area contributed by atoms with E-state index in [4.69, 9.17) is 0 Å². The highest BCUT2D eigenvalue weighted by atomic mass is 16.2. The van der Waals surface area contributed by atoms with Crippen molar-refractivity contribution in [3.05, 3.63) is 59.9 Å². The zero-order valence-electron chi connectivity index (χ0n) is 15.9. The molecule has 0 fully saturated rings. The third-order valence-electron chi connectivity index (χ3n) is 4.31. The predicted octanol–water partition coefficient (Wildman–Crippen LogP) is 3.57. The number of carbonyl (C=O) groups excluding carboxylic acids is 1. The molecule has 0 saturated heterocycles. The molecule has 2 aromatic heterocycles. The van der Waals surface area contributed by atoms with Crippen LogP contribution in [-0.4, -0.2) is 43.8 Å². The molecule has 0 aliphatic carbocycles. The Bertz CT molecular complexity index is 885. The SMILES string of the molecule is CCN(CC)C(=O)n1nc(-c2cccnc2)nc1NCc1ccc(C)cc1. The maximum Gasteiger partial charge on any atom is 0.347 e. The number of benzene rings is 1. The highest BCUT2D eigenvalue weighted by Gasteiger charge is 2.20. The summed E-state index contributed by atoms with van der Waals surface area (Å²) in [5.41, 5.74) is 3.08. The quantitative estimate of drug-likeness (QED) is 0.724. The maximum absolute atomic E-state index is 12.9. The van der Waals surface area contributed by atoms with Crippen LogP contribution < -0.4 is 5.32 Å². The first-order chi connectivity index (χ1) is 13.1. The normalized spacial score (nSPS) is 10.6. The van der Waals surface area contributed by atoms with E-state index in [-0.39, 0.29) is 6.03 Å². The Balaban J connectivity index is 1.90. The Labute approximate surface area is 159 Å². The number of aryl methyl sites for hydroxylation is 1. The van der Waals surface area contributed by atoms with Gasteiger partial charge in [0.05, 0.1) is 0 Å². The highest BCUT2D eigenvalue weighted by Crippen LogP contribution is 2.18. The number of anilines is 1. The Hall–Kier alpha value is -3.22. The van der Waals surface area contributed by atoms with Crippen molar-refractivity contribution < 1.29 is 4.79 Å². The molecule has 0 aliphatic heterocycles. The van der Waals surface area contributed by atoms with Gasteiger partial charge in [0, 0.05) is 37.6 Å². The molecule has 3 aromatic rings. The largest absolute Gasteiger partial charge is 0.350 e. The molecule has 140 valence electrons. The van der Waals surface area contributed by atoms with Crippen molar-refractivity contribution in [3.63, 3.8) is 0 Å². The minimum absolute atomic E-state index is 0.200. The van der Waals surface area contributed by atoms with Crippen LogP contribution in [0.3, 0.4) is 0 Å². The van der Waals surface area contributed by atoms with Crippen molar-refractivity contribution in [2.24, 2.45) is 0 Å². The monoisotopic (exact) mass is 364 g/mol. The van der Waals surface area contributed by atoms with Crippen molar-refractivity contribution in [2.45, 2.75) is 27.3 Å². The lowest BCUT2D eigenvalue weighted by molar-refractivity contribution is 0.202. The molecule has 0 unspecified atom stereocenters. The van der Waals surface area contributed by atoms with Gasteiger partial charge in [0.15, 0.2) is 5.82 Å². The molecule has 0 atom stereocenters. The van der Waals surface area contributed by atoms with E-state index in [9.17, 15) is 4.79 Å². The van der Waals surface area contributed by atoms with Crippen molar-refractivity contribution >= 4 is 12.0 Å². The smallest absolute Gasteiger partial charge is 0.347 e. The molecule has 27 heavy (non-hydrogen) atoms. The van der Waals surface area contributed by atoms with Gasteiger partial charge in [0.1, 0.15) is 0 Å². The molecule has 0 radical (unpaired) electrons. The van der Waals surface area contributed by atoms with E-state index < -0.39 is 0 Å². The van der Waals surface area contributed by atoms with Gasteiger partial charge in [-0.1, -0.05) is 29.8 Å². The molecule has 0 spiro atoms. The number of hydrogen-bond acceptors (Lipinski definition) is 5. The Morgan fingerprint density at radius 1 is 1.15 bits per heavy atom. The molecule has 2 heterocycles. The second-order valence-electron chi connectivity index (χ2n) is 6.21. The second-order valence-corrected chi connectivity index (χ2v) is 6.21. The summed E-state index contributed by atoms with van der Waals surface area (Å²) in [5, 5.41) is 7.68. The molecular weight excluding hydrogens is 340 g/mol. The second kappa shape index (κ2) is 8.44. The lowest BCUT2D eigenvalue weighted by Gasteiger charge is -2.18. The first kappa shape index (κ1) is 18.6. The van der Waals surface area contributed by atoms with Gasteiger partial charge in [0.2, 0.25) is 5.95 Å². The minimum atomic E-state index is -0.200. The molecule has 1 amide bonds. The third kappa shape index (κ3) is 4.31. The molecule has 0 saturated carbocycles. The zero-order chi connectivity index (χ0) is 19.2. The summed E-state index contributed by atoms with van der Waals surface area (Å²) >= 11 is 0. The number of nitrogens with one attached hydrogen (secondary N) is 1. The molecule has 7 nitrogen and oxygen atoms in total. The summed E-state index contributed by atoms with van der Waals surface area (Å²) in [6.45, 7) is 7.71. The summed E-state index contributed by atoms with van der Waals surface area (Å²) in [6, 6.07) is 11.7. The molecular formula is C20H24N6O. The van der Waals surface area contributed by atoms with Crippen LogP contribution >= 0.6 is 0 Å². The van der Waals surface area contributed by atoms with E-state index >= 15 is 0 Å². The zero-order valence-corrected chi connectivity index (χ0v) is 15.9. The number of hydrogen-bond donors (Lipinski definition) is 1. The van der Waals surface area contributed by atoms with Gasteiger partial charge in [-0.15, -0.1) is 9.78 Å². The van der Waals surface area contributed by atoms with Gasteiger partial charge >= 0.3 is 6.03 Å². The van der Waals surface area contributed by atoms with Gasteiger partial charge in [-0.05, 0) is 38.5 Å². The highest BCUT2D eigenvalue weighted by molar-refractivity contribution is 5.79. The summed E-state index contributed by atoms with van der Waals surface area (Å²) in [5.74, 6) is 0.890. The van der Waals surface area contributed by atoms with Crippen LogP contribution in [0.2, 0.25) is 0 Å². The number of nitrogens with zero attached hydrogens (tertiary/aromatic N) is 5. The van der Waals surface area contributed by atoms with Crippen LogP contribution in [0.25, 0.3) is 11.4 Å². The summed E-state index contributed by atoms with van der Waals surface area (Å²) in [6.07, 6.45) is 3.38. The Kier molecular flexibility index (Phi) is 5.80. The standard InChI is InChI=1S/C20H24N6O/c1-4-25(5-2)20(27)26-19(22-13-16-10-8-15(3)9-11-16)23-18(24-26)17-7-6-12-21-14-17/h6-12,14H,4-5,13H2,1-3H3,(H,22,23,24). The van der Waals surface area contributed by atoms with Crippen LogP contribution in [0.1, 0.15) is 25.0 Å². The number of pyridine rings is 1.